The minimum atomic E-state index is -4.01. The lowest BCUT2D eigenvalue weighted by Gasteiger charge is -2.25. The molecule has 0 rings (SSSR count). The van der Waals surface area contributed by atoms with E-state index < -0.39 is 12.6 Å². The molecule has 0 nitrogen and oxygen atoms in total. The molecule has 0 aliphatic heterocycles. The third-order valence-electron chi connectivity index (χ3n) is 2.18. The highest BCUT2D eigenvalue weighted by Gasteiger charge is 2.34. The van der Waals surface area contributed by atoms with Crippen molar-refractivity contribution in [3.05, 3.63) is 0 Å². The molecule has 0 bridgehead atoms. The molecule has 0 aromatic heterocycles. The third kappa shape index (κ3) is 4.62. The van der Waals surface area contributed by atoms with E-state index in [9.17, 15) is 13.2 Å². The van der Waals surface area contributed by atoms with Crippen molar-refractivity contribution in [2.75, 3.05) is 0 Å². The Morgan fingerprint density at radius 1 is 0.917 bits per heavy atom. The summed E-state index contributed by atoms with van der Waals surface area (Å²) in [7, 11) is 0. The first-order valence-corrected chi connectivity index (χ1v) is 4.30. The van der Waals surface area contributed by atoms with Crippen LogP contribution < -0.4 is 0 Å². The number of alkyl halides is 3. The summed E-state index contributed by atoms with van der Waals surface area (Å²) >= 11 is 0. The zero-order chi connectivity index (χ0) is 9.94. The van der Waals surface area contributed by atoms with Crippen molar-refractivity contribution >= 4 is 0 Å². The maximum absolute atomic E-state index is 12.0. The molecule has 0 radical (unpaired) electrons. The van der Waals surface area contributed by atoms with Crippen molar-refractivity contribution in [2.24, 2.45) is 17.8 Å². The van der Waals surface area contributed by atoms with E-state index >= 15 is 0 Å². The van der Waals surface area contributed by atoms with Crippen LogP contribution in [-0.2, 0) is 0 Å². The third-order valence-corrected chi connectivity index (χ3v) is 2.18. The standard InChI is InChI=1S/C9H17F3/c1-6(2)8(7(3)4)5-9(10,11)12/h6-8H,5H2,1-4H3. The van der Waals surface area contributed by atoms with E-state index in [-0.39, 0.29) is 17.8 Å². The first-order valence-electron chi connectivity index (χ1n) is 4.30. The topological polar surface area (TPSA) is 0 Å². The van der Waals surface area contributed by atoms with Crippen LogP contribution in [-0.4, -0.2) is 6.18 Å². The molecule has 0 amide bonds. The fraction of sp³-hybridized carbons (Fsp3) is 1.00. The van der Waals surface area contributed by atoms with Gasteiger partial charge in [0.05, 0.1) is 0 Å². The van der Waals surface area contributed by atoms with E-state index in [0.717, 1.165) is 0 Å². The molecule has 0 atom stereocenters. The van der Waals surface area contributed by atoms with Gasteiger partial charge in [0.1, 0.15) is 0 Å². The van der Waals surface area contributed by atoms with Crippen LogP contribution in [0.5, 0.6) is 0 Å². The predicted molar refractivity (Wildman–Crippen MR) is 43.8 cm³/mol. The predicted octanol–water partition coefficient (Wildman–Crippen LogP) is 3.87. The Bertz CT molecular complexity index is 116. The maximum atomic E-state index is 12.0. The number of hydrogen-bond acceptors (Lipinski definition) is 0. The lowest BCUT2D eigenvalue weighted by molar-refractivity contribution is -0.151. The Morgan fingerprint density at radius 2 is 1.25 bits per heavy atom. The Labute approximate surface area is 72.2 Å². The van der Waals surface area contributed by atoms with E-state index in [1.807, 2.05) is 27.7 Å². The molecule has 0 unspecified atom stereocenters. The minimum absolute atomic E-state index is 0.103. The first-order chi connectivity index (χ1) is 5.24. The summed E-state index contributed by atoms with van der Waals surface area (Å²) < 4.78 is 36.1. The van der Waals surface area contributed by atoms with Crippen molar-refractivity contribution < 1.29 is 13.2 Å². The van der Waals surface area contributed by atoms with E-state index in [1.165, 1.54) is 0 Å². The van der Waals surface area contributed by atoms with Crippen molar-refractivity contribution in [3.63, 3.8) is 0 Å². The van der Waals surface area contributed by atoms with Crippen molar-refractivity contribution in [2.45, 2.75) is 40.3 Å². The monoisotopic (exact) mass is 182 g/mol. The summed E-state index contributed by atoms with van der Waals surface area (Å²) in [6, 6.07) is 0. The van der Waals surface area contributed by atoms with Crippen LogP contribution in [0.1, 0.15) is 34.1 Å². The van der Waals surface area contributed by atoms with Crippen LogP contribution in [0.2, 0.25) is 0 Å². The molecular weight excluding hydrogens is 165 g/mol. The summed E-state index contributed by atoms with van der Waals surface area (Å²) in [6.45, 7) is 7.37. The van der Waals surface area contributed by atoms with E-state index in [1.54, 1.807) is 0 Å². The van der Waals surface area contributed by atoms with Crippen LogP contribution >= 0.6 is 0 Å². The molecule has 0 spiro atoms. The average molecular weight is 182 g/mol. The first kappa shape index (κ1) is 11.8. The van der Waals surface area contributed by atoms with Crippen LogP contribution in [0.15, 0.2) is 0 Å². The van der Waals surface area contributed by atoms with Gasteiger partial charge in [-0.3, -0.25) is 0 Å². The number of hydrogen-bond donors (Lipinski definition) is 0. The SMILES string of the molecule is CC(C)C(CC(F)(F)F)C(C)C. The van der Waals surface area contributed by atoms with Gasteiger partial charge in [-0.15, -0.1) is 0 Å². The average Bonchev–Trinajstić information content (AvgIpc) is 1.79. The Kier molecular flexibility index (Phi) is 4.08. The molecular formula is C9H17F3. The normalized spacial score (nSPS) is 13.5. The molecule has 0 fully saturated rings. The number of rotatable bonds is 3. The highest BCUT2D eigenvalue weighted by molar-refractivity contribution is 4.70. The van der Waals surface area contributed by atoms with E-state index in [2.05, 4.69) is 0 Å². The van der Waals surface area contributed by atoms with E-state index in [0.29, 0.717) is 0 Å². The Hall–Kier alpha value is -0.210. The van der Waals surface area contributed by atoms with Crippen LogP contribution in [0.3, 0.4) is 0 Å². The quantitative estimate of drug-likeness (QED) is 0.621. The highest BCUT2D eigenvalue weighted by Crippen LogP contribution is 2.33. The van der Waals surface area contributed by atoms with Gasteiger partial charge in [-0.05, 0) is 17.8 Å². The molecule has 0 N–H and O–H groups in total. The second-order valence-corrected chi connectivity index (χ2v) is 3.97. The summed E-state index contributed by atoms with van der Waals surface area (Å²) in [6.07, 6.45) is -4.67. The molecule has 3 heteroatoms. The van der Waals surface area contributed by atoms with Gasteiger partial charge in [-0.2, -0.15) is 13.2 Å². The molecule has 0 heterocycles. The van der Waals surface area contributed by atoms with Crippen LogP contribution in [0.4, 0.5) is 13.2 Å². The summed E-state index contributed by atoms with van der Waals surface area (Å²) in [4.78, 5) is 0. The minimum Gasteiger partial charge on any atom is -0.171 e. The van der Waals surface area contributed by atoms with Crippen LogP contribution in [0, 0.1) is 17.8 Å². The van der Waals surface area contributed by atoms with E-state index in [4.69, 9.17) is 0 Å². The van der Waals surface area contributed by atoms with Gasteiger partial charge in [0.25, 0.3) is 0 Å². The molecule has 0 saturated heterocycles. The second kappa shape index (κ2) is 4.15. The van der Waals surface area contributed by atoms with Crippen LogP contribution in [0.25, 0.3) is 0 Å². The molecule has 74 valence electrons. The van der Waals surface area contributed by atoms with Gasteiger partial charge >= 0.3 is 6.18 Å². The van der Waals surface area contributed by atoms with Gasteiger partial charge < -0.3 is 0 Å². The second-order valence-electron chi connectivity index (χ2n) is 3.97. The lowest BCUT2D eigenvalue weighted by atomic mass is 9.83. The zero-order valence-electron chi connectivity index (χ0n) is 8.07. The summed E-state index contributed by atoms with van der Waals surface area (Å²) in [5.41, 5.74) is 0. The van der Waals surface area contributed by atoms with Gasteiger partial charge in [0.2, 0.25) is 0 Å². The highest BCUT2D eigenvalue weighted by atomic mass is 19.4. The van der Waals surface area contributed by atoms with Crippen molar-refractivity contribution in [1.29, 1.82) is 0 Å². The van der Waals surface area contributed by atoms with Gasteiger partial charge in [0.15, 0.2) is 0 Å². The molecule has 0 aromatic carbocycles. The Morgan fingerprint density at radius 3 is 1.33 bits per heavy atom. The Balaban J connectivity index is 4.15. The lowest BCUT2D eigenvalue weighted by Crippen LogP contribution is -2.23. The fourth-order valence-corrected chi connectivity index (χ4v) is 1.51. The molecule has 0 aliphatic carbocycles. The molecule has 12 heavy (non-hydrogen) atoms. The fourth-order valence-electron chi connectivity index (χ4n) is 1.51. The van der Waals surface area contributed by atoms with Gasteiger partial charge in [-0.1, -0.05) is 27.7 Å². The molecule has 0 saturated carbocycles. The number of halogens is 3. The van der Waals surface area contributed by atoms with Gasteiger partial charge in [0, 0.05) is 6.42 Å². The van der Waals surface area contributed by atoms with Gasteiger partial charge in [-0.25, -0.2) is 0 Å². The largest absolute Gasteiger partial charge is 0.389 e. The maximum Gasteiger partial charge on any atom is 0.389 e. The summed E-state index contributed by atoms with van der Waals surface area (Å²) in [5.74, 6) is -0.0387. The smallest absolute Gasteiger partial charge is 0.171 e. The van der Waals surface area contributed by atoms with Crippen molar-refractivity contribution in [1.82, 2.24) is 0 Å². The zero-order valence-corrected chi connectivity index (χ0v) is 8.07. The van der Waals surface area contributed by atoms with Crippen molar-refractivity contribution in [3.8, 4) is 0 Å². The summed E-state index contributed by atoms with van der Waals surface area (Å²) in [5, 5.41) is 0. The molecule has 0 aliphatic rings. The molecule has 0 aromatic rings.